The third-order valence-corrected chi connectivity index (χ3v) is 4.72. The van der Waals surface area contributed by atoms with Crippen LogP contribution in [0.3, 0.4) is 0 Å². The molecule has 0 aliphatic carbocycles. The van der Waals surface area contributed by atoms with Crippen molar-refractivity contribution in [3.05, 3.63) is 87.2 Å². The number of hydrogen-bond donors (Lipinski definition) is 1. The number of benzene rings is 3. The fourth-order valence-corrected chi connectivity index (χ4v) is 3.34. The van der Waals surface area contributed by atoms with Crippen LogP contribution < -0.4 is 14.8 Å². The van der Waals surface area contributed by atoms with Crippen LogP contribution >= 0.6 is 22.6 Å². The summed E-state index contributed by atoms with van der Waals surface area (Å²) < 4.78 is 26.2. The van der Waals surface area contributed by atoms with E-state index in [-0.39, 0.29) is 5.69 Å². The van der Waals surface area contributed by atoms with Crippen LogP contribution in [0, 0.1) is 9.39 Å². The average molecular weight is 491 g/mol. The van der Waals surface area contributed by atoms with Crippen LogP contribution in [-0.2, 0) is 6.61 Å². The quantitative estimate of drug-likeness (QED) is 0.434. The van der Waals surface area contributed by atoms with E-state index in [4.69, 9.17) is 9.47 Å². The third-order valence-electron chi connectivity index (χ3n) is 3.92. The number of ether oxygens (including phenoxy) is 2. The highest BCUT2D eigenvalue weighted by atomic mass is 127. The second kappa shape index (κ2) is 9.54. The normalized spacial score (nSPS) is 10.4. The monoisotopic (exact) mass is 491 g/mol. The molecule has 3 aromatic rings. The van der Waals surface area contributed by atoms with Gasteiger partial charge in [-0.25, -0.2) is 4.39 Å². The molecule has 0 aromatic heterocycles. The van der Waals surface area contributed by atoms with Crippen LogP contribution in [0.4, 0.5) is 10.1 Å². The highest BCUT2D eigenvalue weighted by molar-refractivity contribution is 14.1. The lowest BCUT2D eigenvalue weighted by atomic mass is 10.1. The molecule has 3 rings (SSSR count). The Morgan fingerprint density at radius 1 is 1.04 bits per heavy atom. The molecule has 4 nitrogen and oxygen atoms in total. The second-order valence-electron chi connectivity index (χ2n) is 5.93. The molecule has 1 N–H and O–H groups in total. The minimum atomic E-state index is -0.489. The van der Waals surface area contributed by atoms with E-state index in [0.29, 0.717) is 30.3 Å². The molecule has 28 heavy (non-hydrogen) atoms. The van der Waals surface area contributed by atoms with Crippen molar-refractivity contribution in [3.8, 4) is 11.5 Å². The number of halogens is 2. The molecule has 0 unspecified atom stereocenters. The van der Waals surface area contributed by atoms with E-state index < -0.39 is 11.7 Å². The number of nitrogens with one attached hydrogen (secondary N) is 1. The summed E-state index contributed by atoms with van der Waals surface area (Å²) in [4.78, 5) is 12.6. The smallest absolute Gasteiger partial charge is 0.255 e. The second-order valence-corrected chi connectivity index (χ2v) is 7.09. The van der Waals surface area contributed by atoms with Gasteiger partial charge in [0, 0.05) is 5.56 Å². The summed E-state index contributed by atoms with van der Waals surface area (Å²) in [5.41, 5.74) is 1.49. The molecule has 3 aromatic carbocycles. The van der Waals surface area contributed by atoms with Crippen LogP contribution in [0.25, 0.3) is 0 Å². The number of carbonyl (C=O) groups is 1. The van der Waals surface area contributed by atoms with Gasteiger partial charge < -0.3 is 14.8 Å². The molecular formula is C22H19FINO3. The van der Waals surface area contributed by atoms with Crippen molar-refractivity contribution in [3.63, 3.8) is 0 Å². The van der Waals surface area contributed by atoms with Crippen molar-refractivity contribution in [2.24, 2.45) is 0 Å². The molecule has 144 valence electrons. The Hall–Kier alpha value is -2.61. The van der Waals surface area contributed by atoms with E-state index in [2.05, 4.69) is 27.9 Å². The van der Waals surface area contributed by atoms with E-state index >= 15 is 0 Å². The third kappa shape index (κ3) is 5.01. The summed E-state index contributed by atoms with van der Waals surface area (Å²) in [5, 5.41) is 2.59. The fourth-order valence-electron chi connectivity index (χ4n) is 2.58. The zero-order valence-corrected chi connectivity index (χ0v) is 17.4. The summed E-state index contributed by atoms with van der Waals surface area (Å²) >= 11 is 2.10. The first kappa shape index (κ1) is 20.1. The number of para-hydroxylation sites is 1. The van der Waals surface area contributed by atoms with E-state index in [1.807, 2.05) is 37.3 Å². The highest BCUT2D eigenvalue weighted by Gasteiger charge is 2.17. The van der Waals surface area contributed by atoms with Gasteiger partial charge in [-0.1, -0.05) is 42.5 Å². The average Bonchev–Trinajstić information content (AvgIpc) is 2.70. The van der Waals surface area contributed by atoms with Crippen LogP contribution in [0.15, 0.2) is 66.7 Å². The molecule has 0 atom stereocenters. The van der Waals surface area contributed by atoms with Crippen LogP contribution in [0.5, 0.6) is 11.5 Å². The maximum absolute atomic E-state index is 13.8. The van der Waals surface area contributed by atoms with Crippen molar-refractivity contribution in [1.29, 1.82) is 0 Å². The van der Waals surface area contributed by atoms with Gasteiger partial charge in [-0.05, 0) is 59.3 Å². The molecule has 0 spiro atoms. The zero-order chi connectivity index (χ0) is 19.9. The number of anilines is 1. The predicted octanol–water partition coefficient (Wildman–Crippen LogP) is 5.66. The molecule has 0 radical (unpaired) electrons. The van der Waals surface area contributed by atoms with Gasteiger partial charge in [-0.3, -0.25) is 4.79 Å². The van der Waals surface area contributed by atoms with Gasteiger partial charge in [-0.2, -0.15) is 0 Å². The standard InChI is InChI=1S/C22H19FINO3/c1-2-27-21-18(24)12-16(22(26)25-19-11-7-6-10-17(19)23)13-20(21)28-14-15-8-4-3-5-9-15/h3-13H,2,14H2,1H3,(H,25,26). The lowest BCUT2D eigenvalue weighted by molar-refractivity contribution is 0.102. The molecular weight excluding hydrogens is 472 g/mol. The maximum Gasteiger partial charge on any atom is 0.255 e. The summed E-state index contributed by atoms with van der Waals surface area (Å²) in [6, 6.07) is 19.1. The van der Waals surface area contributed by atoms with E-state index in [0.717, 1.165) is 9.13 Å². The van der Waals surface area contributed by atoms with Crippen molar-refractivity contribution < 1.29 is 18.7 Å². The highest BCUT2D eigenvalue weighted by Crippen LogP contribution is 2.35. The van der Waals surface area contributed by atoms with Gasteiger partial charge in [0.05, 0.1) is 15.9 Å². The SMILES string of the molecule is CCOc1c(I)cc(C(=O)Nc2ccccc2F)cc1OCc1ccccc1. The number of amides is 1. The van der Waals surface area contributed by atoms with Gasteiger partial charge >= 0.3 is 0 Å². The van der Waals surface area contributed by atoms with Gasteiger partial charge in [0.2, 0.25) is 0 Å². The van der Waals surface area contributed by atoms with Gasteiger partial charge in [0.15, 0.2) is 11.5 Å². The first-order chi connectivity index (χ1) is 13.6. The number of carbonyl (C=O) groups excluding carboxylic acids is 1. The van der Waals surface area contributed by atoms with E-state index in [9.17, 15) is 9.18 Å². The molecule has 0 bridgehead atoms. The molecule has 0 saturated heterocycles. The summed E-state index contributed by atoms with van der Waals surface area (Å²) in [6.45, 7) is 2.70. The number of hydrogen-bond acceptors (Lipinski definition) is 3. The minimum absolute atomic E-state index is 0.128. The summed E-state index contributed by atoms with van der Waals surface area (Å²) in [5.74, 6) is 0.144. The number of rotatable bonds is 7. The summed E-state index contributed by atoms with van der Waals surface area (Å²) in [7, 11) is 0. The van der Waals surface area contributed by atoms with Gasteiger partial charge in [0.25, 0.3) is 5.91 Å². The predicted molar refractivity (Wildman–Crippen MR) is 115 cm³/mol. The Balaban J connectivity index is 1.86. The fraction of sp³-hybridized carbons (Fsp3) is 0.136. The van der Waals surface area contributed by atoms with Crippen molar-refractivity contribution >= 4 is 34.2 Å². The first-order valence-electron chi connectivity index (χ1n) is 8.77. The Labute approximate surface area is 176 Å². The Bertz CT molecular complexity index is 963. The van der Waals surface area contributed by atoms with Gasteiger partial charge in [0.1, 0.15) is 12.4 Å². The lowest BCUT2D eigenvalue weighted by Gasteiger charge is -2.15. The zero-order valence-electron chi connectivity index (χ0n) is 15.2. The molecule has 0 aliphatic rings. The Morgan fingerprint density at radius 2 is 1.75 bits per heavy atom. The van der Waals surface area contributed by atoms with Crippen LogP contribution in [0.1, 0.15) is 22.8 Å². The Morgan fingerprint density at radius 3 is 2.46 bits per heavy atom. The van der Waals surface area contributed by atoms with Crippen LogP contribution in [-0.4, -0.2) is 12.5 Å². The summed E-state index contributed by atoms with van der Waals surface area (Å²) in [6.07, 6.45) is 0. The molecule has 0 fully saturated rings. The van der Waals surface area contributed by atoms with Crippen molar-refractivity contribution in [2.75, 3.05) is 11.9 Å². The van der Waals surface area contributed by atoms with Crippen LogP contribution in [0.2, 0.25) is 0 Å². The minimum Gasteiger partial charge on any atom is -0.489 e. The molecule has 0 aliphatic heterocycles. The lowest BCUT2D eigenvalue weighted by Crippen LogP contribution is -2.14. The van der Waals surface area contributed by atoms with E-state index in [1.54, 1.807) is 24.3 Å². The molecule has 1 amide bonds. The topological polar surface area (TPSA) is 47.6 Å². The largest absolute Gasteiger partial charge is 0.489 e. The molecule has 0 saturated carbocycles. The molecule has 0 heterocycles. The van der Waals surface area contributed by atoms with E-state index in [1.165, 1.54) is 12.1 Å². The molecule has 6 heteroatoms. The van der Waals surface area contributed by atoms with Crippen molar-refractivity contribution in [1.82, 2.24) is 0 Å². The van der Waals surface area contributed by atoms with Crippen molar-refractivity contribution in [2.45, 2.75) is 13.5 Å². The Kier molecular flexibility index (Phi) is 6.86. The van der Waals surface area contributed by atoms with Gasteiger partial charge in [-0.15, -0.1) is 0 Å². The first-order valence-corrected chi connectivity index (χ1v) is 9.85. The maximum atomic E-state index is 13.8.